The fourth-order valence-electron chi connectivity index (χ4n) is 0.151. The van der Waals surface area contributed by atoms with E-state index in [0.717, 1.165) is 0 Å². The molecule has 0 aliphatic heterocycles. The molecule has 0 saturated heterocycles. The standard InChI is InChI=1S/C3H4N2O4/c4-1(2(6)7)5-3(8)9/h(H2,4,5)(H,6,7)(H,8,9). The molecule has 0 aromatic rings. The highest BCUT2D eigenvalue weighted by Gasteiger charge is 2.03. The summed E-state index contributed by atoms with van der Waals surface area (Å²) in [5, 5.41) is 15.7. The Kier molecular flexibility index (Phi) is 2.18. The fraction of sp³-hybridized carbons (Fsp3) is 0. The van der Waals surface area contributed by atoms with Crippen molar-refractivity contribution in [3.05, 3.63) is 0 Å². The molecule has 0 aromatic heterocycles. The number of nitrogens with zero attached hydrogens (tertiary/aromatic N) is 1. The Hall–Kier alpha value is -1.59. The summed E-state index contributed by atoms with van der Waals surface area (Å²) in [5.74, 6) is -2.47. The molecular formula is C3H4N2O4. The number of carbonyl (C=O) groups is 2. The van der Waals surface area contributed by atoms with E-state index in [-0.39, 0.29) is 0 Å². The second-order valence-electron chi connectivity index (χ2n) is 1.08. The Morgan fingerprint density at radius 2 is 1.78 bits per heavy atom. The average molecular weight is 132 g/mol. The molecule has 0 aliphatic carbocycles. The first-order valence-electron chi connectivity index (χ1n) is 1.84. The SMILES string of the molecule is N/C(=N\C(=O)O)C(=O)O. The van der Waals surface area contributed by atoms with E-state index in [2.05, 4.69) is 10.7 Å². The van der Waals surface area contributed by atoms with Gasteiger partial charge < -0.3 is 15.9 Å². The Balaban J connectivity index is 4.17. The van der Waals surface area contributed by atoms with Gasteiger partial charge in [0.2, 0.25) is 5.84 Å². The number of aliphatic carboxylic acids is 1. The lowest BCUT2D eigenvalue weighted by Crippen LogP contribution is -2.24. The lowest BCUT2D eigenvalue weighted by Gasteiger charge is -1.85. The number of amidine groups is 1. The maximum atomic E-state index is 9.72. The zero-order chi connectivity index (χ0) is 7.44. The van der Waals surface area contributed by atoms with E-state index >= 15 is 0 Å². The van der Waals surface area contributed by atoms with E-state index in [1.54, 1.807) is 0 Å². The van der Waals surface area contributed by atoms with E-state index in [0.29, 0.717) is 0 Å². The smallest absolute Gasteiger partial charge is 0.433 e. The van der Waals surface area contributed by atoms with Crippen LogP contribution in [0.1, 0.15) is 0 Å². The van der Waals surface area contributed by atoms with Crippen molar-refractivity contribution < 1.29 is 19.8 Å². The molecule has 0 bridgehead atoms. The molecule has 4 N–H and O–H groups in total. The molecule has 0 rings (SSSR count). The van der Waals surface area contributed by atoms with Gasteiger partial charge in [0, 0.05) is 0 Å². The van der Waals surface area contributed by atoms with Gasteiger partial charge in [-0.05, 0) is 0 Å². The summed E-state index contributed by atoms with van der Waals surface area (Å²) in [4.78, 5) is 21.8. The van der Waals surface area contributed by atoms with Crippen LogP contribution in [0.4, 0.5) is 4.79 Å². The van der Waals surface area contributed by atoms with Crippen LogP contribution in [0.15, 0.2) is 4.99 Å². The maximum absolute atomic E-state index is 9.72. The molecule has 6 heteroatoms. The summed E-state index contributed by atoms with van der Waals surface area (Å²) in [5.41, 5.74) is 4.59. The van der Waals surface area contributed by atoms with Crippen LogP contribution in [0.5, 0.6) is 0 Å². The first kappa shape index (κ1) is 7.41. The molecule has 0 aromatic carbocycles. The monoisotopic (exact) mass is 132 g/mol. The summed E-state index contributed by atoms with van der Waals surface area (Å²) in [6, 6.07) is 0. The zero-order valence-corrected chi connectivity index (χ0v) is 4.24. The van der Waals surface area contributed by atoms with Gasteiger partial charge in [0.1, 0.15) is 0 Å². The number of nitrogens with two attached hydrogens (primary N) is 1. The van der Waals surface area contributed by atoms with Crippen molar-refractivity contribution in [3.8, 4) is 0 Å². The molecule has 0 aliphatic rings. The highest BCUT2D eigenvalue weighted by molar-refractivity contribution is 6.35. The first-order chi connectivity index (χ1) is 4.04. The number of hydrogen-bond donors (Lipinski definition) is 3. The number of rotatable bonds is 0. The Morgan fingerprint density at radius 1 is 1.33 bits per heavy atom. The third kappa shape index (κ3) is 3.03. The quantitative estimate of drug-likeness (QED) is 0.292. The third-order valence-electron chi connectivity index (χ3n) is 0.435. The van der Waals surface area contributed by atoms with Gasteiger partial charge in [-0.15, -0.1) is 0 Å². The van der Waals surface area contributed by atoms with Crippen LogP contribution < -0.4 is 5.73 Å². The van der Waals surface area contributed by atoms with Gasteiger partial charge in [0.25, 0.3) is 0 Å². The number of amides is 1. The topological polar surface area (TPSA) is 113 Å². The normalized spacial score (nSPS) is 10.9. The van der Waals surface area contributed by atoms with Gasteiger partial charge >= 0.3 is 12.1 Å². The van der Waals surface area contributed by atoms with Crippen LogP contribution in [-0.4, -0.2) is 28.1 Å². The fourth-order valence-corrected chi connectivity index (χ4v) is 0.151. The highest BCUT2D eigenvalue weighted by atomic mass is 16.4. The first-order valence-corrected chi connectivity index (χ1v) is 1.84. The van der Waals surface area contributed by atoms with Gasteiger partial charge in [-0.25, -0.2) is 9.59 Å². The number of carboxylic acid groups (broad SMARTS) is 2. The summed E-state index contributed by atoms with van der Waals surface area (Å²) in [6.45, 7) is 0. The highest BCUT2D eigenvalue weighted by Crippen LogP contribution is 1.72. The predicted molar refractivity (Wildman–Crippen MR) is 27.3 cm³/mol. The maximum Gasteiger partial charge on any atom is 0.433 e. The van der Waals surface area contributed by atoms with Crippen LogP contribution in [0.2, 0.25) is 0 Å². The van der Waals surface area contributed by atoms with Crippen LogP contribution in [0, 0.1) is 0 Å². The minimum Gasteiger partial charge on any atom is -0.475 e. The molecule has 0 radical (unpaired) electrons. The summed E-state index contributed by atoms with van der Waals surface area (Å²) in [6.07, 6.45) is -1.62. The van der Waals surface area contributed by atoms with Gasteiger partial charge in [-0.1, -0.05) is 0 Å². The molecule has 0 spiro atoms. The number of aliphatic imine (C=N–C) groups is 1. The summed E-state index contributed by atoms with van der Waals surface area (Å²) in [7, 11) is 0. The minimum atomic E-state index is -1.62. The lowest BCUT2D eigenvalue weighted by molar-refractivity contribution is -0.129. The zero-order valence-electron chi connectivity index (χ0n) is 4.24. The molecule has 0 heterocycles. The van der Waals surface area contributed by atoms with Gasteiger partial charge in [0.15, 0.2) is 0 Å². The number of carboxylic acids is 1. The van der Waals surface area contributed by atoms with E-state index < -0.39 is 17.9 Å². The van der Waals surface area contributed by atoms with E-state index in [1.807, 2.05) is 0 Å². The van der Waals surface area contributed by atoms with Gasteiger partial charge in [-0.2, -0.15) is 4.99 Å². The van der Waals surface area contributed by atoms with Crippen LogP contribution in [0.3, 0.4) is 0 Å². The molecule has 50 valence electrons. The number of hydrogen-bond acceptors (Lipinski definition) is 2. The minimum absolute atomic E-state index is 0.928. The van der Waals surface area contributed by atoms with Crippen molar-refractivity contribution in [1.29, 1.82) is 0 Å². The largest absolute Gasteiger partial charge is 0.475 e. The molecule has 0 saturated carbocycles. The molecule has 9 heavy (non-hydrogen) atoms. The second kappa shape index (κ2) is 2.65. The molecule has 1 amide bonds. The Morgan fingerprint density at radius 3 is 1.89 bits per heavy atom. The second-order valence-corrected chi connectivity index (χ2v) is 1.08. The third-order valence-corrected chi connectivity index (χ3v) is 0.435. The van der Waals surface area contributed by atoms with Crippen molar-refractivity contribution in [2.75, 3.05) is 0 Å². The Labute approximate surface area is 49.6 Å². The van der Waals surface area contributed by atoms with Crippen molar-refractivity contribution >= 4 is 17.9 Å². The van der Waals surface area contributed by atoms with Crippen LogP contribution >= 0.6 is 0 Å². The van der Waals surface area contributed by atoms with Crippen molar-refractivity contribution in [1.82, 2.24) is 0 Å². The average Bonchev–Trinajstić information content (AvgIpc) is 1.63. The molecule has 0 unspecified atom stereocenters. The van der Waals surface area contributed by atoms with Gasteiger partial charge in [0.05, 0.1) is 0 Å². The van der Waals surface area contributed by atoms with Crippen molar-refractivity contribution in [2.45, 2.75) is 0 Å². The van der Waals surface area contributed by atoms with Crippen LogP contribution in [-0.2, 0) is 4.79 Å². The van der Waals surface area contributed by atoms with E-state index in [1.165, 1.54) is 0 Å². The molecule has 0 atom stereocenters. The lowest BCUT2D eigenvalue weighted by atomic mass is 10.6. The van der Waals surface area contributed by atoms with E-state index in [9.17, 15) is 9.59 Å². The summed E-state index contributed by atoms with van der Waals surface area (Å²) >= 11 is 0. The van der Waals surface area contributed by atoms with Crippen molar-refractivity contribution in [3.63, 3.8) is 0 Å². The summed E-state index contributed by atoms with van der Waals surface area (Å²) < 4.78 is 0. The molecular weight excluding hydrogens is 128 g/mol. The predicted octanol–water partition coefficient (Wildman–Crippen LogP) is -0.894. The van der Waals surface area contributed by atoms with E-state index in [4.69, 9.17) is 10.2 Å². The van der Waals surface area contributed by atoms with Gasteiger partial charge in [-0.3, -0.25) is 0 Å². The van der Waals surface area contributed by atoms with Crippen LogP contribution in [0.25, 0.3) is 0 Å². The molecule has 6 nitrogen and oxygen atoms in total. The Bertz CT molecular complexity index is 173. The molecule has 0 fully saturated rings. The van der Waals surface area contributed by atoms with Crippen molar-refractivity contribution in [2.24, 2.45) is 10.7 Å².